The van der Waals surface area contributed by atoms with Crippen LogP contribution in [-0.4, -0.2) is 37.6 Å². The maximum atomic E-state index is 12.1. The Bertz CT molecular complexity index is 851. The molecule has 186 valence electrons. The highest BCUT2D eigenvalue weighted by atomic mass is 19.4. The number of carbonyl (C=O) groups excluding carboxylic acids is 2. The zero-order chi connectivity index (χ0) is 25.2. The van der Waals surface area contributed by atoms with Crippen molar-refractivity contribution in [1.82, 2.24) is 10.6 Å². The Morgan fingerprint density at radius 1 is 0.588 bits per heavy atom. The van der Waals surface area contributed by atoms with E-state index >= 15 is 0 Å². The predicted octanol–water partition coefficient (Wildman–Crippen LogP) is 5.20. The Hall–Kier alpha value is -3.44. The normalized spacial score (nSPS) is 11.6. The number of halogens is 6. The summed E-state index contributed by atoms with van der Waals surface area (Å²) in [6.45, 7) is 0.747. The number of nitrogens with one attached hydrogen (secondary N) is 2. The second-order valence-electron chi connectivity index (χ2n) is 7.07. The summed E-state index contributed by atoms with van der Waals surface area (Å²) in [7, 11) is 0. The zero-order valence-electron chi connectivity index (χ0n) is 17.8. The Morgan fingerprint density at radius 2 is 0.912 bits per heavy atom. The number of hydrogen-bond donors (Lipinski definition) is 2. The molecule has 0 saturated heterocycles. The molecule has 0 aliphatic rings. The van der Waals surface area contributed by atoms with Crippen LogP contribution >= 0.6 is 0 Å². The fraction of sp³-hybridized carbons (Fsp3) is 0.364. The lowest BCUT2D eigenvalue weighted by Gasteiger charge is -2.10. The predicted molar refractivity (Wildman–Crippen MR) is 109 cm³/mol. The summed E-state index contributed by atoms with van der Waals surface area (Å²) in [6.07, 6.45) is -6.75. The summed E-state index contributed by atoms with van der Waals surface area (Å²) in [5.74, 6) is -1.66. The Labute approximate surface area is 191 Å². The van der Waals surface area contributed by atoms with Gasteiger partial charge in [0.15, 0.2) is 0 Å². The second-order valence-corrected chi connectivity index (χ2v) is 7.07. The van der Waals surface area contributed by atoms with E-state index in [-0.39, 0.29) is 11.1 Å². The van der Waals surface area contributed by atoms with Gasteiger partial charge in [-0.25, -0.2) is 0 Å². The molecule has 0 aliphatic heterocycles. The molecule has 12 heteroatoms. The highest BCUT2D eigenvalue weighted by molar-refractivity contribution is 5.94. The van der Waals surface area contributed by atoms with E-state index in [0.717, 1.165) is 37.1 Å². The molecule has 6 nitrogen and oxygen atoms in total. The van der Waals surface area contributed by atoms with Crippen LogP contribution in [0.15, 0.2) is 48.5 Å². The molecule has 2 aromatic rings. The second kappa shape index (κ2) is 12.1. The van der Waals surface area contributed by atoms with Gasteiger partial charge in [-0.1, -0.05) is 12.8 Å². The van der Waals surface area contributed by atoms with E-state index in [4.69, 9.17) is 0 Å². The van der Waals surface area contributed by atoms with E-state index in [1.54, 1.807) is 0 Å². The van der Waals surface area contributed by atoms with Crippen LogP contribution in [0.1, 0.15) is 46.4 Å². The van der Waals surface area contributed by atoms with Gasteiger partial charge in [0, 0.05) is 24.2 Å². The van der Waals surface area contributed by atoms with E-state index in [0.29, 0.717) is 25.9 Å². The van der Waals surface area contributed by atoms with Crippen molar-refractivity contribution in [2.45, 2.75) is 38.4 Å². The molecule has 0 unspecified atom stereocenters. The smallest absolute Gasteiger partial charge is 0.406 e. The van der Waals surface area contributed by atoms with Crippen LogP contribution in [0, 0.1) is 0 Å². The van der Waals surface area contributed by atoms with Crippen molar-refractivity contribution in [1.29, 1.82) is 0 Å². The van der Waals surface area contributed by atoms with Gasteiger partial charge in [-0.3, -0.25) is 9.59 Å². The first-order valence-electron chi connectivity index (χ1n) is 10.2. The molecule has 0 heterocycles. The van der Waals surface area contributed by atoms with Crippen molar-refractivity contribution >= 4 is 11.8 Å². The quantitative estimate of drug-likeness (QED) is 0.334. The van der Waals surface area contributed by atoms with Crippen LogP contribution in [0.3, 0.4) is 0 Å². The standard InChI is InChI=1S/C22H22F6N2O4/c23-21(24,25)33-17-9-5-15(6-10-17)19(31)29-13-3-1-2-4-14-30-20(32)16-7-11-18(12-8-16)34-22(26,27)28/h5-12H,1-4,13-14H2,(H,29,31)(H,30,32). The van der Waals surface area contributed by atoms with Crippen LogP contribution in [0.4, 0.5) is 26.3 Å². The highest BCUT2D eigenvalue weighted by Crippen LogP contribution is 2.23. The third-order valence-electron chi connectivity index (χ3n) is 4.37. The number of ether oxygens (including phenoxy) is 2. The Kier molecular flexibility index (Phi) is 9.58. The van der Waals surface area contributed by atoms with E-state index in [9.17, 15) is 35.9 Å². The highest BCUT2D eigenvalue weighted by Gasteiger charge is 2.31. The van der Waals surface area contributed by atoms with Crippen molar-refractivity contribution in [2.24, 2.45) is 0 Å². The number of alkyl halides is 6. The van der Waals surface area contributed by atoms with Gasteiger partial charge in [-0.15, -0.1) is 26.3 Å². The minimum absolute atomic E-state index is 0.204. The first kappa shape index (κ1) is 26.8. The summed E-state index contributed by atoms with van der Waals surface area (Å²) >= 11 is 0. The number of unbranched alkanes of at least 4 members (excludes halogenated alkanes) is 3. The van der Waals surface area contributed by atoms with Crippen molar-refractivity contribution in [3.05, 3.63) is 59.7 Å². The molecule has 0 radical (unpaired) electrons. The molecule has 0 saturated carbocycles. The molecule has 0 aliphatic carbocycles. The summed E-state index contributed by atoms with van der Waals surface area (Å²) in [5.41, 5.74) is 0.408. The summed E-state index contributed by atoms with van der Waals surface area (Å²) in [4.78, 5) is 24.0. The number of hydrogen-bond acceptors (Lipinski definition) is 4. The van der Waals surface area contributed by atoms with Gasteiger partial charge in [0.25, 0.3) is 11.8 Å². The molecule has 0 spiro atoms. The van der Waals surface area contributed by atoms with Gasteiger partial charge >= 0.3 is 12.7 Å². The first-order valence-corrected chi connectivity index (χ1v) is 10.2. The van der Waals surface area contributed by atoms with Gasteiger partial charge < -0.3 is 20.1 Å². The van der Waals surface area contributed by atoms with Gasteiger partial charge in [0.05, 0.1) is 0 Å². The fourth-order valence-corrected chi connectivity index (χ4v) is 2.83. The third-order valence-corrected chi connectivity index (χ3v) is 4.37. The monoisotopic (exact) mass is 492 g/mol. The molecule has 2 rings (SSSR count). The van der Waals surface area contributed by atoms with E-state index < -0.39 is 36.0 Å². The topological polar surface area (TPSA) is 76.7 Å². The van der Waals surface area contributed by atoms with Crippen LogP contribution in [0.25, 0.3) is 0 Å². The van der Waals surface area contributed by atoms with Crippen molar-refractivity contribution in [3.8, 4) is 11.5 Å². The van der Waals surface area contributed by atoms with Crippen LogP contribution < -0.4 is 20.1 Å². The third kappa shape index (κ3) is 10.5. The lowest BCUT2D eigenvalue weighted by atomic mass is 10.1. The fourth-order valence-electron chi connectivity index (χ4n) is 2.83. The number of rotatable bonds is 11. The molecule has 34 heavy (non-hydrogen) atoms. The maximum absolute atomic E-state index is 12.1. The van der Waals surface area contributed by atoms with Crippen molar-refractivity contribution < 1.29 is 45.4 Å². The number of carbonyl (C=O) groups is 2. The van der Waals surface area contributed by atoms with Gasteiger partial charge in [0.1, 0.15) is 11.5 Å². The Morgan fingerprint density at radius 3 is 1.21 bits per heavy atom. The molecule has 2 aromatic carbocycles. The van der Waals surface area contributed by atoms with E-state index in [1.807, 2.05) is 0 Å². The molecular weight excluding hydrogens is 470 g/mol. The van der Waals surface area contributed by atoms with Gasteiger partial charge in [-0.2, -0.15) is 0 Å². The van der Waals surface area contributed by atoms with E-state index in [2.05, 4.69) is 20.1 Å². The van der Waals surface area contributed by atoms with Crippen LogP contribution in [0.2, 0.25) is 0 Å². The summed E-state index contributed by atoms with van der Waals surface area (Å²) in [5, 5.41) is 5.33. The lowest BCUT2D eigenvalue weighted by Crippen LogP contribution is -2.25. The SMILES string of the molecule is O=C(NCCCCCCNC(=O)c1ccc(OC(F)(F)F)cc1)c1ccc(OC(F)(F)F)cc1. The largest absolute Gasteiger partial charge is 0.573 e. The van der Waals surface area contributed by atoms with Gasteiger partial charge in [0.2, 0.25) is 0 Å². The molecular formula is C22H22F6N2O4. The van der Waals surface area contributed by atoms with Crippen LogP contribution in [-0.2, 0) is 0 Å². The minimum atomic E-state index is -4.80. The Balaban J connectivity index is 1.57. The minimum Gasteiger partial charge on any atom is -0.406 e. The molecule has 0 aromatic heterocycles. The van der Waals surface area contributed by atoms with Crippen molar-refractivity contribution in [3.63, 3.8) is 0 Å². The molecule has 0 fully saturated rings. The number of benzene rings is 2. The molecule has 2 N–H and O–H groups in total. The zero-order valence-corrected chi connectivity index (χ0v) is 17.8. The molecule has 0 atom stereocenters. The number of amides is 2. The maximum Gasteiger partial charge on any atom is 0.573 e. The molecule has 2 amide bonds. The van der Waals surface area contributed by atoms with Crippen molar-refractivity contribution in [2.75, 3.05) is 13.1 Å². The average Bonchev–Trinajstić information content (AvgIpc) is 2.74. The lowest BCUT2D eigenvalue weighted by molar-refractivity contribution is -0.275. The van der Waals surface area contributed by atoms with E-state index in [1.165, 1.54) is 24.3 Å². The summed E-state index contributed by atoms with van der Waals surface area (Å²) < 4.78 is 80.3. The average molecular weight is 492 g/mol. The van der Waals surface area contributed by atoms with Crippen LogP contribution in [0.5, 0.6) is 11.5 Å². The van der Waals surface area contributed by atoms with Gasteiger partial charge in [-0.05, 0) is 61.4 Å². The summed E-state index contributed by atoms with van der Waals surface area (Å²) in [6, 6.07) is 9.16. The first-order chi connectivity index (χ1) is 15.9. The molecule has 0 bridgehead atoms.